The van der Waals surface area contributed by atoms with Gasteiger partial charge in [0.15, 0.2) is 0 Å². The Hall–Kier alpha value is -1.74. The van der Waals surface area contributed by atoms with E-state index in [-0.39, 0.29) is 10.0 Å². The molecule has 110 valence electrons. The predicted octanol–water partition coefficient (Wildman–Crippen LogP) is 3.45. The van der Waals surface area contributed by atoms with Crippen molar-refractivity contribution in [2.24, 2.45) is 5.41 Å². The molecule has 0 spiro atoms. The van der Waals surface area contributed by atoms with Gasteiger partial charge < -0.3 is 4.90 Å². The first kappa shape index (κ1) is 15.6. The summed E-state index contributed by atoms with van der Waals surface area (Å²) in [7, 11) is 0. The summed E-state index contributed by atoms with van der Waals surface area (Å²) >= 11 is 3.01. The highest BCUT2D eigenvalue weighted by atomic mass is 79.9. The zero-order valence-electron chi connectivity index (χ0n) is 11.7. The van der Waals surface area contributed by atoms with Gasteiger partial charge >= 0.3 is 0 Å². The number of nitrogens with zero attached hydrogens (tertiary/aromatic N) is 2. The van der Waals surface area contributed by atoms with Crippen molar-refractivity contribution in [1.29, 1.82) is 5.26 Å². The minimum absolute atomic E-state index is 0.162. The van der Waals surface area contributed by atoms with Crippen LogP contribution in [0, 0.1) is 22.6 Å². The van der Waals surface area contributed by atoms with Crippen molar-refractivity contribution in [2.75, 3.05) is 11.4 Å². The van der Waals surface area contributed by atoms with E-state index in [1.165, 1.54) is 17.0 Å². The number of carbonyl (C=O) groups excluding carboxylic acids is 2. The van der Waals surface area contributed by atoms with Gasteiger partial charge in [-0.15, -0.1) is 0 Å². The van der Waals surface area contributed by atoms with Crippen molar-refractivity contribution in [3.8, 4) is 6.07 Å². The van der Waals surface area contributed by atoms with E-state index in [0.717, 1.165) is 0 Å². The highest BCUT2D eigenvalue weighted by Gasteiger charge is 2.36. The van der Waals surface area contributed by atoms with Crippen LogP contribution in [-0.2, 0) is 4.79 Å². The summed E-state index contributed by atoms with van der Waals surface area (Å²) in [5.74, 6) is -1.78. The van der Waals surface area contributed by atoms with Crippen LogP contribution in [0.25, 0.3) is 0 Å². The molecule has 1 aromatic rings. The number of rotatable bonds is 4. The maximum Gasteiger partial charge on any atom is 0.299 e. The topological polar surface area (TPSA) is 61.2 Å². The number of halogens is 2. The molecule has 0 N–H and O–H groups in total. The van der Waals surface area contributed by atoms with E-state index in [4.69, 9.17) is 5.26 Å². The molecule has 0 atom stereocenters. The van der Waals surface area contributed by atoms with E-state index in [1.807, 2.05) is 13.8 Å². The van der Waals surface area contributed by atoms with E-state index >= 15 is 0 Å². The summed E-state index contributed by atoms with van der Waals surface area (Å²) in [6.07, 6.45) is 1.16. The number of fused-ring (bicyclic) bond motifs is 1. The van der Waals surface area contributed by atoms with Crippen molar-refractivity contribution >= 4 is 33.3 Å². The van der Waals surface area contributed by atoms with Crippen LogP contribution in [-0.4, -0.2) is 18.2 Å². The molecular formula is C15H14BrFN2O2. The van der Waals surface area contributed by atoms with Crippen molar-refractivity contribution in [3.05, 3.63) is 28.0 Å². The molecule has 1 heterocycles. The summed E-state index contributed by atoms with van der Waals surface area (Å²) < 4.78 is 13.8. The Kier molecular flexibility index (Phi) is 4.15. The van der Waals surface area contributed by atoms with Gasteiger partial charge in [0.2, 0.25) is 0 Å². The molecule has 6 heteroatoms. The van der Waals surface area contributed by atoms with Gasteiger partial charge in [-0.25, -0.2) is 4.39 Å². The fourth-order valence-corrected chi connectivity index (χ4v) is 2.59. The maximum atomic E-state index is 13.6. The molecule has 2 rings (SSSR count). The van der Waals surface area contributed by atoms with Gasteiger partial charge in [0.05, 0.1) is 27.2 Å². The van der Waals surface area contributed by atoms with Crippen molar-refractivity contribution < 1.29 is 14.0 Å². The van der Waals surface area contributed by atoms with Gasteiger partial charge in [0.1, 0.15) is 5.82 Å². The van der Waals surface area contributed by atoms with Gasteiger partial charge in [-0.3, -0.25) is 9.59 Å². The number of anilines is 1. The molecule has 0 bridgehead atoms. The average Bonchev–Trinajstić information content (AvgIpc) is 2.65. The molecule has 0 saturated carbocycles. The molecule has 1 amide bonds. The second-order valence-electron chi connectivity index (χ2n) is 5.67. The number of nitriles is 1. The minimum atomic E-state index is -0.641. The lowest BCUT2D eigenvalue weighted by Crippen LogP contribution is -2.31. The molecule has 0 radical (unpaired) electrons. The number of amides is 1. The summed E-state index contributed by atoms with van der Waals surface area (Å²) in [6.45, 7) is 3.92. The van der Waals surface area contributed by atoms with Crippen molar-refractivity contribution in [1.82, 2.24) is 0 Å². The van der Waals surface area contributed by atoms with Crippen molar-refractivity contribution in [2.45, 2.75) is 26.7 Å². The van der Waals surface area contributed by atoms with E-state index in [0.29, 0.717) is 25.1 Å². The minimum Gasteiger partial charge on any atom is -0.305 e. The van der Waals surface area contributed by atoms with E-state index in [2.05, 4.69) is 22.0 Å². The van der Waals surface area contributed by atoms with E-state index in [9.17, 15) is 14.0 Å². The zero-order valence-corrected chi connectivity index (χ0v) is 13.3. The number of hydrogen-bond donors (Lipinski definition) is 0. The number of ketones is 1. The smallest absolute Gasteiger partial charge is 0.299 e. The van der Waals surface area contributed by atoms with Gasteiger partial charge in [0.25, 0.3) is 11.7 Å². The molecular weight excluding hydrogens is 339 g/mol. The van der Waals surface area contributed by atoms with Crippen LogP contribution < -0.4 is 4.90 Å². The monoisotopic (exact) mass is 352 g/mol. The highest BCUT2D eigenvalue weighted by molar-refractivity contribution is 9.10. The summed E-state index contributed by atoms with van der Waals surface area (Å²) in [6, 6.07) is 4.72. The lowest BCUT2D eigenvalue weighted by molar-refractivity contribution is -0.114. The Morgan fingerprint density at radius 1 is 1.38 bits per heavy atom. The van der Waals surface area contributed by atoms with Crippen LogP contribution >= 0.6 is 15.9 Å². The Balaban J connectivity index is 2.20. The molecule has 0 saturated heterocycles. The number of carbonyl (C=O) groups is 2. The first-order chi connectivity index (χ1) is 9.76. The van der Waals surface area contributed by atoms with Crippen LogP contribution in [0.3, 0.4) is 0 Å². The van der Waals surface area contributed by atoms with Crippen LogP contribution in [0.5, 0.6) is 0 Å². The second-order valence-corrected chi connectivity index (χ2v) is 6.52. The molecule has 4 nitrogen and oxygen atoms in total. The summed E-state index contributed by atoms with van der Waals surface area (Å²) in [4.78, 5) is 25.2. The number of hydrogen-bond acceptors (Lipinski definition) is 3. The maximum absolute atomic E-state index is 13.6. The lowest BCUT2D eigenvalue weighted by atomic mass is 9.90. The Morgan fingerprint density at radius 2 is 2.05 bits per heavy atom. The summed E-state index contributed by atoms with van der Waals surface area (Å²) in [5.41, 5.74) is 0.0360. The molecule has 0 aliphatic carbocycles. The fourth-order valence-electron chi connectivity index (χ4n) is 2.25. The molecule has 0 aromatic heterocycles. The number of benzene rings is 1. The van der Waals surface area contributed by atoms with Crippen LogP contribution in [0.2, 0.25) is 0 Å². The largest absolute Gasteiger partial charge is 0.305 e. The Labute approximate surface area is 130 Å². The second kappa shape index (κ2) is 5.57. The Morgan fingerprint density at radius 3 is 2.67 bits per heavy atom. The first-order valence-electron chi connectivity index (χ1n) is 6.53. The van der Waals surface area contributed by atoms with Crippen LogP contribution in [0.1, 0.15) is 37.0 Å². The van der Waals surface area contributed by atoms with E-state index < -0.39 is 22.9 Å². The van der Waals surface area contributed by atoms with Crippen LogP contribution in [0.15, 0.2) is 16.6 Å². The molecule has 21 heavy (non-hydrogen) atoms. The van der Waals surface area contributed by atoms with Crippen molar-refractivity contribution in [3.63, 3.8) is 0 Å². The highest BCUT2D eigenvalue weighted by Crippen LogP contribution is 2.34. The normalized spacial score (nSPS) is 14.3. The molecule has 1 aromatic carbocycles. The molecule has 1 aliphatic heterocycles. The predicted molar refractivity (Wildman–Crippen MR) is 79.4 cm³/mol. The fraction of sp³-hybridized carbons (Fsp3) is 0.400. The quantitative estimate of drug-likeness (QED) is 0.779. The number of Topliss-reactive ketones (excluding diaryl/α,β-unsaturated/α-hetero) is 1. The van der Waals surface area contributed by atoms with Gasteiger partial charge in [-0.2, -0.15) is 5.26 Å². The average molecular weight is 353 g/mol. The first-order valence-corrected chi connectivity index (χ1v) is 7.32. The SMILES string of the molecule is CC(C)(C#N)CCCN1C(=O)C(=O)c2cc(Br)c(F)cc21. The van der Waals surface area contributed by atoms with Crippen LogP contribution in [0.4, 0.5) is 10.1 Å². The standard InChI is InChI=1S/C15H14BrFN2O2/c1-15(2,8-18)4-3-5-19-12-7-11(17)10(16)6-9(12)13(20)14(19)21/h6-7H,3-5H2,1-2H3. The molecule has 0 unspecified atom stereocenters. The Bertz CT molecular complexity index is 664. The van der Waals surface area contributed by atoms with Gasteiger partial charge in [-0.05, 0) is 54.8 Å². The third-order valence-electron chi connectivity index (χ3n) is 3.50. The van der Waals surface area contributed by atoms with Gasteiger partial charge in [-0.1, -0.05) is 0 Å². The van der Waals surface area contributed by atoms with E-state index in [1.54, 1.807) is 0 Å². The third kappa shape index (κ3) is 2.98. The lowest BCUT2D eigenvalue weighted by Gasteiger charge is -2.20. The summed E-state index contributed by atoms with van der Waals surface area (Å²) in [5, 5.41) is 8.97. The van der Waals surface area contributed by atoms with Gasteiger partial charge in [0, 0.05) is 6.54 Å². The molecule has 0 fully saturated rings. The zero-order chi connectivity index (χ0) is 15.8. The third-order valence-corrected chi connectivity index (χ3v) is 4.11. The molecule has 1 aliphatic rings.